The fraction of sp³-hybridized carbons (Fsp3) is 0.778. The number of nitrogens with one attached hydrogen (secondary N) is 1. The summed E-state index contributed by atoms with van der Waals surface area (Å²) < 4.78 is 5.28. The zero-order valence-electron chi connectivity index (χ0n) is 8.57. The zero-order chi connectivity index (χ0) is 10.3. The van der Waals surface area contributed by atoms with Gasteiger partial charge in [0.25, 0.3) is 0 Å². The van der Waals surface area contributed by atoms with Crippen LogP contribution in [0.3, 0.4) is 0 Å². The van der Waals surface area contributed by atoms with Crippen molar-refractivity contribution in [2.75, 3.05) is 31.2 Å². The summed E-state index contributed by atoms with van der Waals surface area (Å²) in [5.41, 5.74) is 5.81. The van der Waals surface area contributed by atoms with Crippen LogP contribution in [0.5, 0.6) is 0 Å². The van der Waals surface area contributed by atoms with Gasteiger partial charge < -0.3 is 15.4 Å². The van der Waals surface area contributed by atoms with Crippen LogP contribution in [0, 0.1) is 0 Å². The molecule has 82 valence electrons. The molecule has 3 rings (SSSR count). The minimum atomic E-state index is -0.225. The molecule has 6 nitrogen and oxygen atoms in total. The standard InChI is InChI=1S/C9H15N5O/c10-9(1-2-9)7-11-8(13-12-7)14-3-5-15-6-4-14/h1-6,10H2,(H,11,12,13). The maximum absolute atomic E-state index is 6.03. The molecule has 1 aromatic rings. The number of hydrogen-bond acceptors (Lipinski definition) is 5. The number of anilines is 1. The van der Waals surface area contributed by atoms with E-state index in [9.17, 15) is 0 Å². The Kier molecular flexibility index (Phi) is 1.93. The van der Waals surface area contributed by atoms with Crippen LogP contribution in [0.2, 0.25) is 0 Å². The van der Waals surface area contributed by atoms with E-state index in [1.807, 2.05) is 0 Å². The minimum absolute atomic E-state index is 0.225. The molecule has 2 fully saturated rings. The maximum atomic E-state index is 6.03. The van der Waals surface area contributed by atoms with E-state index in [-0.39, 0.29) is 5.54 Å². The van der Waals surface area contributed by atoms with Crippen molar-refractivity contribution in [2.45, 2.75) is 18.4 Å². The molecule has 0 radical (unpaired) electrons. The van der Waals surface area contributed by atoms with Crippen LogP contribution in [0.4, 0.5) is 5.95 Å². The Morgan fingerprint density at radius 2 is 2.07 bits per heavy atom. The van der Waals surface area contributed by atoms with E-state index < -0.39 is 0 Å². The van der Waals surface area contributed by atoms with Gasteiger partial charge in [0, 0.05) is 13.1 Å². The molecule has 6 heteroatoms. The van der Waals surface area contributed by atoms with Crippen LogP contribution in [0.25, 0.3) is 0 Å². The molecule has 2 heterocycles. The molecular formula is C9H15N5O. The van der Waals surface area contributed by atoms with Gasteiger partial charge in [0.2, 0.25) is 5.95 Å². The van der Waals surface area contributed by atoms with E-state index in [0.717, 1.165) is 50.9 Å². The Morgan fingerprint density at radius 3 is 2.73 bits per heavy atom. The first kappa shape index (κ1) is 9.11. The molecule has 1 aliphatic carbocycles. The van der Waals surface area contributed by atoms with E-state index in [0.29, 0.717) is 0 Å². The lowest BCUT2D eigenvalue weighted by Crippen LogP contribution is -2.37. The number of aromatic nitrogens is 3. The zero-order valence-corrected chi connectivity index (χ0v) is 8.57. The highest BCUT2D eigenvalue weighted by atomic mass is 16.5. The van der Waals surface area contributed by atoms with Crippen molar-refractivity contribution in [3.8, 4) is 0 Å². The Balaban J connectivity index is 1.77. The highest BCUT2D eigenvalue weighted by molar-refractivity contribution is 5.31. The molecule has 1 aliphatic heterocycles. The fourth-order valence-electron chi connectivity index (χ4n) is 1.75. The summed E-state index contributed by atoms with van der Waals surface area (Å²) >= 11 is 0. The lowest BCUT2D eigenvalue weighted by atomic mass is 10.3. The lowest BCUT2D eigenvalue weighted by molar-refractivity contribution is 0.122. The van der Waals surface area contributed by atoms with Gasteiger partial charge in [-0.15, -0.1) is 5.10 Å². The van der Waals surface area contributed by atoms with Gasteiger partial charge in [-0.1, -0.05) is 0 Å². The Morgan fingerprint density at radius 1 is 1.33 bits per heavy atom. The van der Waals surface area contributed by atoms with Crippen molar-refractivity contribution in [2.24, 2.45) is 5.73 Å². The Bertz CT molecular complexity index is 353. The highest BCUT2D eigenvalue weighted by Gasteiger charge is 2.43. The van der Waals surface area contributed by atoms with E-state index in [1.54, 1.807) is 0 Å². The summed E-state index contributed by atoms with van der Waals surface area (Å²) in [6.45, 7) is 3.21. The van der Waals surface area contributed by atoms with E-state index in [2.05, 4.69) is 20.1 Å². The summed E-state index contributed by atoms with van der Waals surface area (Å²) in [5, 5.41) is 7.14. The SMILES string of the molecule is NC1(c2nc(N3CCOCC3)n[nH]2)CC1. The monoisotopic (exact) mass is 209 g/mol. The summed E-state index contributed by atoms with van der Waals surface area (Å²) in [5.74, 6) is 1.58. The van der Waals surface area contributed by atoms with Gasteiger partial charge in [0.05, 0.1) is 18.8 Å². The number of ether oxygens (including phenoxy) is 1. The van der Waals surface area contributed by atoms with Gasteiger partial charge in [-0.25, -0.2) is 0 Å². The quantitative estimate of drug-likeness (QED) is 0.692. The molecule has 0 unspecified atom stereocenters. The van der Waals surface area contributed by atoms with Crippen LogP contribution in [-0.2, 0) is 10.3 Å². The van der Waals surface area contributed by atoms with Gasteiger partial charge >= 0.3 is 0 Å². The van der Waals surface area contributed by atoms with Gasteiger partial charge in [0.1, 0.15) is 5.82 Å². The van der Waals surface area contributed by atoms with Crippen molar-refractivity contribution >= 4 is 5.95 Å². The second-order valence-electron chi connectivity index (χ2n) is 4.24. The molecule has 2 aliphatic rings. The molecular weight excluding hydrogens is 194 g/mol. The van der Waals surface area contributed by atoms with Crippen LogP contribution in [-0.4, -0.2) is 41.5 Å². The van der Waals surface area contributed by atoms with Crippen LogP contribution >= 0.6 is 0 Å². The number of hydrogen-bond donors (Lipinski definition) is 2. The summed E-state index contributed by atoms with van der Waals surface area (Å²) in [7, 11) is 0. The van der Waals surface area contributed by atoms with E-state index in [1.165, 1.54) is 0 Å². The lowest BCUT2D eigenvalue weighted by Gasteiger charge is -2.25. The van der Waals surface area contributed by atoms with Gasteiger partial charge in [-0.2, -0.15) is 4.98 Å². The van der Waals surface area contributed by atoms with Crippen LogP contribution in [0.1, 0.15) is 18.7 Å². The molecule has 1 saturated carbocycles. The number of nitrogens with zero attached hydrogens (tertiary/aromatic N) is 3. The largest absolute Gasteiger partial charge is 0.378 e. The van der Waals surface area contributed by atoms with Gasteiger partial charge in [0.15, 0.2) is 0 Å². The van der Waals surface area contributed by atoms with E-state index in [4.69, 9.17) is 10.5 Å². The third-order valence-electron chi connectivity index (χ3n) is 3.03. The molecule has 0 bridgehead atoms. The fourth-order valence-corrected chi connectivity index (χ4v) is 1.75. The summed E-state index contributed by atoms with van der Waals surface area (Å²) in [6.07, 6.45) is 2.01. The number of aromatic amines is 1. The predicted molar refractivity (Wildman–Crippen MR) is 54.5 cm³/mol. The third kappa shape index (κ3) is 1.59. The highest BCUT2D eigenvalue weighted by Crippen LogP contribution is 2.40. The average Bonchev–Trinajstić information content (AvgIpc) is 2.85. The molecule has 15 heavy (non-hydrogen) atoms. The van der Waals surface area contributed by atoms with Crippen molar-refractivity contribution in [3.05, 3.63) is 5.82 Å². The van der Waals surface area contributed by atoms with Gasteiger partial charge in [-0.3, -0.25) is 5.10 Å². The predicted octanol–water partition coefficient (Wildman–Crippen LogP) is -0.411. The summed E-state index contributed by atoms with van der Waals surface area (Å²) in [6, 6.07) is 0. The molecule has 1 aromatic heterocycles. The molecule has 3 N–H and O–H groups in total. The first-order chi connectivity index (χ1) is 7.28. The molecule has 0 spiro atoms. The molecule has 0 atom stereocenters. The van der Waals surface area contributed by atoms with Crippen molar-refractivity contribution in [1.82, 2.24) is 15.2 Å². The number of morpholine rings is 1. The maximum Gasteiger partial charge on any atom is 0.244 e. The topological polar surface area (TPSA) is 80.1 Å². The van der Waals surface area contributed by atoms with E-state index >= 15 is 0 Å². The number of nitrogens with two attached hydrogens (primary N) is 1. The summed E-state index contributed by atoms with van der Waals surface area (Å²) in [4.78, 5) is 6.57. The third-order valence-corrected chi connectivity index (χ3v) is 3.03. The first-order valence-electron chi connectivity index (χ1n) is 5.32. The number of H-pyrrole nitrogens is 1. The number of rotatable bonds is 2. The van der Waals surface area contributed by atoms with Crippen LogP contribution in [0.15, 0.2) is 0 Å². The average molecular weight is 209 g/mol. The van der Waals surface area contributed by atoms with Crippen molar-refractivity contribution in [1.29, 1.82) is 0 Å². The van der Waals surface area contributed by atoms with Gasteiger partial charge in [-0.05, 0) is 12.8 Å². The molecule has 1 saturated heterocycles. The smallest absolute Gasteiger partial charge is 0.244 e. The first-order valence-corrected chi connectivity index (χ1v) is 5.32. The minimum Gasteiger partial charge on any atom is -0.378 e. The Labute approximate surface area is 87.8 Å². The second kappa shape index (κ2) is 3.18. The van der Waals surface area contributed by atoms with Crippen LogP contribution < -0.4 is 10.6 Å². The molecule has 0 aromatic carbocycles. The Hall–Kier alpha value is -1.14. The molecule has 0 amide bonds. The van der Waals surface area contributed by atoms with Crippen molar-refractivity contribution in [3.63, 3.8) is 0 Å². The normalized spacial score (nSPS) is 24.2. The second-order valence-corrected chi connectivity index (χ2v) is 4.24. The van der Waals surface area contributed by atoms with Crippen molar-refractivity contribution < 1.29 is 4.74 Å².